The molecule has 1 aliphatic rings. The van der Waals surface area contributed by atoms with E-state index in [1.54, 1.807) is 12.1 Å². The molecule has 0 aliphatic carbocycles. The van der Waals surface area contributed by atoms with Gasteiger partial charge < -0.3 is 32.6 Å². The Hall–Kier alpha value is -0.709. The van der Waals surface area contributed by atoms with Crippen molar-refractivity contribution in [3.8, 4) is 5.75 Å². The van der Waals surface area contributed by atoms with E-state index in [2.05, 4.69) is 78.5 Å². The first-order valence-electron chi connectivity index (χ1n) is 15.4. The Bertz CT molecular complexity index is 1220. The van der Waals surface area contributed by atoms with Crippen molar-refractivity contribution in [2.24, 2.45) is 5.92 Å². The smallest absolute Gasteiger partial charge is 0.221 e. The largest absolute Gasteiger partial charge is 0.494 e. The normalized spacial score (nSPS) is 25.6. The zero-order valence-corrected chi connectivity index (χ0v) is 32.9. The molecule has 0 radical (unpaired) electrons. The minimum atomic E-state index is -2.21. The molecule has 1 heterocycles. The Morgan fingerprint density at radius 3 is 2.07 bits per heavy atom. The molecule has 3 rings (SSSR count). The first kappa shape index (κ1) is 37.7. The van der Waals surface area contributed by atoms with Crippen LogP contribution in [-0.4, -0.2) is 67.5 Å². The predicted molar refractivity (Wildman–Crippen MR) is 190 cm³/mol. The van der Waals surface area contributed by atoms with Crippen molar-refractivity contribution in [2.75, 3.05) is 19.2 Å². The van der Waals surface area contributed by atoms with E-state index in [-0.39, 0.29) is 11.9 Å². The van der Waals surface area contributed by atoms with Gasteiger partial charge in [-0.3, -0.25) is 0 Å². The lowest BCUT2D eigenvalue weighted by Crippen LogP contribution is -2.65. The van der Waals surface area contributed by atoms with Gasteiger partial charge in [0.05, 0.1) is 31.4 Å². The molecule has 1 aliphatic heterocycles. The van der Waals surface area contributed by atoms with Crippen LogP contribution in [0.25, 0.3) is 0 Å². The second-order valence-corrected chi connectivity index (χ2v) is 28.5. The number of thiol groups is 1. The van der Waals surface area contributed by atoms with E-state index in [9.17, 15) is 5.11 Å². The average Bonchev–Trinajstić information content (AvgIpc) is 2.90. The average molecular weight is 702 g/mol. The summed E-state index contributed by atoms with van der Waals surface area (Å²) < 4.78 is 38.5. The highest BCUT2D eigenvalue weighted by Gasteiger charge is 2.57. The molecule has 1 saturated heterocycles. The first-order valence-corrected chi connectivity index (χ1v) is 26.7. The number of benzene rings is 2. The number of rotatable bonds is 14. The van der Waals surface area contributed by atoms with Crippen LogP contribution < -0.4 is 4.74 Å². The van der Waals surface area contributed by atoms with Crippen LogP contribution >= 0.6 is 24.2 Å². The van der Waals surface area contributed by atoms with Crippen LogP contribution in [0.15, 0.2) is 42.5 Å². The fourth-order valence-corrected chi connectivity index (χ4v) is 8.52. The third-order valence-electron chi connectivity index (χ3n) is 7.20. The van der Waals surface area contributed by atoms with Crippen molar-refractivity contribution < 1.29 is 32.6 Å². The van der Waals surface area contributed by atoms with Crippen LogP contribution in [0.4, 0.5) is 0 Å². The molecule has 2 aromatic rings. The second-order valence-electron chi connectivity index (χ2n) is 14.4. The highest BCUT2D eigenvalue weighted by molar-refractivity contribution is 7.80. The molecule has 1 N–H and O–H groups in total. The molecule has 0 saturated carbocycles. The summed E-state index contributed by atoms with van der Waals surface area (Å²) in [5.41, 5.74) is 2.08. The summed E-state index contributed by atoms with van der Waals surface area (Å²) in [7, 11) is -6.17. The van der Waals surface area contributed by atoms with E-state index in [0.29, 0.717) is 29.4 Å². The molecule has 0 amide bonds. The summed E-state index contributed by atoms with van der Waals surface area (Å²) in [4.78, 5) is 0. The third-order valence-corrected chi connectivity index (χ3v) is 10.7. The monoisotopic (exact) mass is 700 g/mol. The van der Waals surface area contributed by atoms with Crippen LogP contribution in [0.3, 0.4) is 0 Å². The van der Waals surface area contributed by atoms with E-state index in [0.717, 1.165) is 11.3 Å². The van der Waals surface area contributed by atoms with Crippen molar-refractivity contribution in [1.29, 1.82) is 0 Å². The Morgan fingerprint density at radius 2 is 1.55 bits per heavy atom. The lowest BCUT2D eigenvalue weighted by atomic mass is 9.83. The van der Waals surface area contributed by atoms with Gasteiger partial charge in [-0.15, -0.1) is 0 Å². The van der Waals surface area contributed by atoms with Crippen LogP contribution in [0.1, 0.15) is 36.6 Å². The van der Waals surface area contributed by atoms with Gasteiger partial charge in [0.2, 0.25) is 5.79 Å². The topological polar surface area (TPSA) is 75.6 Å². The Balaban J connectivity index is 2.18. The predicted octanol–water partition coefficient (Wildman–Crippen LogP) is 8.20. The summed E-state index contributed by atoms with van der Waals surface area (Å²) in [5, 5.41) is 13.3. The molecular formula is C32H53ClO7SSi3. The van der Waals surface area contributed by atoms with Gasteiger partial charge in [-0.05, 0) is 95.7 Å². The molecular weight excluding hydrogens is 648 g/mol. The zero-order chi connectivity index (χ0) is 33.1. The number of halogens is 1. The lowest BCUT2D eigenvalue weighted by Gasteiger charge is -2.53. The molecule has 0 bridgehead atoms. The van der Waals surface area contributed by atoms with Gasteiger partial charge >= 0.3 is 0 Å². The second kappa shape index (κ2) is 15.0. The maximum Gasteiger partial charge on any atom is 0.221 e. The van der Waals surface area contributed by atoms with E-state index in [4.69, 9.17) is 39.1 Å². The highest BCUT2D eigenvalue weighted by Crippen LogP contribution is 2.45. The molecule has 1 fully saturated rings. The summed E-state index contributed by atoms with van der Waals surface area (Å²) in [6.45, 7) is 24.2. The fourth-order valence-electron chi connectivity index (χ4n) is 5.28. The van der Waals surface area contributed by atoms with Gasteiger partial charge in [0, 0.05) is 22.1 Å². The Morgan fingerprint density at radius 1 is 0.932 bits per heavy atom. The Labute approximate surface area is 278 Å². The summed E-state index contributed by atoms with van der Waals surface area (Å²) in [6, 6.07) is 13.2. The minimum Gasteiger partial charge on any atom is -0.494 e. The van der Waals surface area contributed by atoms with Gasteiger partial charge in [0.25, 0.3) is 0 Å². The molecule has 7 nitrogen and oxygen atoms in total. The van der Waals surface area contributed by atoms with Crippen molar-refractivity contribution in [3.63, 3.8) is 0 Å². The minimum absolute atomic E-state index is 0.0874. The summed E-state index contributed by atoms with van der Waals surface area (Å²) >= 11 is 11.2. The van der Waals surface area contributed by atoms with Gasteiger partial charge in [0.15, 0.2) is 25.0 Å². The van der Waals surface area contributed by atoms with Crippen molar-refractivity contribution in [2.45, 2.75) is 103 Å². The van der Waals surface area contributed by atoms with Crippen LogP contribution in [0, 0.1) is 5.92 Å². The fraction of sp³-hybridized carbons (Fsp3) is 0.625. The highest BCUT2D eigenvalue weighted by atomic mass is 35.5. The zero-order valence-electron chi connectivity index (χ0n) is 28.3. The van der Waals surface area contributed by atoms with Crippen LogP contribution in [-0.2, 0) is 28.5 Å². The number of hydrogen-bond acceptors (Lipinski definition) is 8. The standard InChI is InChI=1S/C32H53ClO7SSi3/c1-12-35-25-16-13-23(14-17-25)30(36-21-41)26-19-24(15-18-27(26)33)32(34)31(40-44(9,10)11)29(39-43(6,7)8)22(2)28(38-32)20-37-42(3,4)5/h13-19,22,28-31,34,41H,12,20-21H2,1-11H3/t22-,28-,29+,30?,31-,32+/m1/s1. The molecule has 44 heavy (non-hydrogen) atoms. The molecule has 0 aromatic heterocycles. The third kappa shape index (κ3) is 10.1. The maximum absolute atomic E-state index is 12.8. The quantitative estimate of drug-likeness (QED) is 0.117. The number of ether oxygens (including phenoxy) is 3. The van der Waals surface area contributed by atoms with E-state index in [1.165, 1.54) is 0 Å². The van der Waals surface area contributed by atoms with Gasteiger partial charge in [-0.25, -0.2) is 0 Å². The maximum atomic E-state index is 12.8. The molecule has 0 spiro atoms. The lowest BCUT2D eigenvalue weighted by molar-refractivity contribution is -0.341. The molecule has 2 aromatic carbocycles. The van der Waals surface area contributed by atoms with E-state index >= 15 is 0 Å². The van der Waals surface area contributed by atoms with Crippen molar-refractivity contribution >= 4 is 49.2 Å². The van der Waals surface area contributed by atoms with Crippen molar-refractivity contribution in [3.05, 3.63) is 64.2 Å². The summed E-state index contributed by atoms with van der Waals surface area (Å²) in [6.07, 6.45) is -2.16. The van der Waals surface area contributed by atoms with Gasteiger partial charge in [0.1, 0.15) is 18.0 Å². The van der Waals surface area contributed by atoms with Gasteiger partial charge in [-0.2, -0.15) is 12.6 Å². The van der Waals surface area contributed by atoms with E-state index in [1.807, 2.05) is 37.3 Å². The molecule has 6 atom stereocenters. The SMILES string of the molecule is CCOc1ccc(C(OCS)c2cc([C@]3(O)O[C@H](CO[Si](C)(C)C)[C@@H](C)[C@H](O[Si](C)(C)C)[C@H]3O[Si](C)(C)C)ccc2Cl)cc1. The molecule has 248 valence electrons. The van der Waals surface area contributed by atoms with Crippen molar-refractivity contribution in [1.82, 2.24) is 0 Å². The number of hydrogen-bond donors (Lipinski definition) is 2. The number of aliphatic hydroxyl groups is 1. The summed E-state index contributed by atoms with van der Waals surface area (Å²) in [5.74, 6) is -0.990. The van der Waals surface area contributed by atoms with Gasteiger partial charge in [-0.1, -0.05) is 36.7 Å². The van der Waals surface area contributed by atoms with E-state index < -0.39 is 55.2 Å². The first-order chi connectivity index (χ1) is 20.3. The molecule has 12 heteroatoms. The van der Waals surface area contributed by atoms with Crippen LogP contribution in [0.5, 0.6) is 5.75 Å². The van der Waals surface area contributed by atoms with Crippen LogP contribution in [0.2, 0.25) is 63.9 Å². The Kier molecular flexibility index (Phi) is 12.9. The molecule has 1 unspecified atom stereocenters.